The van der Waals surface area contributed by atoms with Crippen molar-refractivity contribution in [3.8, 4) is 0 Å². The van der Waals surface area contributed by atoms with Crippen molar-refractivity contribution in [3.63, 3.8) is 0 Å². The van der Waals surface area contributed by atoms with E-state index in [9.17, 15) is 9.59 Å². The highest BCUT2D eigenvalue weighted by Crippen LogP contribution is 2.34. The van der Waals surface area contributed by atoms with Gasteiger partial charge in [0.25, 0.3) is 11.8 Å². The molecule has 0 saturated carbocycles. The summed E-state index contributed by atoms with van der Waals surface area (Å²) in [4.78, 5) is 23.6. The number of rotatable bonds is 1. The molecule has 0 saturated heterocycles. The second-order valence-electron chi connectivity index (χ2n) is 5.07. The Morgan fingerprint density at radius 1 is 0.762 bits per heavy atom. The number of carbonyl (C=O) groups excluding carboxylic acids is 2. The van der Waals surface area contributed by atoms with E-state index in [0.717, 1.165) is 27.1 Å². The van der Waals surface area contributed by atoms with Crippen LogP contribution in [-0.4, -0.2) is 11.8 Å². The molecule has 1 N–H and O–H groups in total. The lowest BCUT2D eigenvalue weighted by molar-refractivity contribution is -0.123. The summed E-state index contributed by atoms with van der Waals surface area (Å²) in [5.41, 5.74) is 1.26. The monoisotopic (exact) mass is 273 g/mol. The molecular formula is C18H11NO2. The van der Waals surface area contributed by atoms with Gasteiger partial charge >= 0.3 is 0 Å². The van der Waals surface area contributed by atoms with Gasteiger partial charge in [0.15, 0.2) is 0 Å². The number of amides is 2. The van der Waals surface area contributed by atoms with E-state index in [1.54, 1.807) is 0 Å². The molecule has 0 atom stereocenters. The maximum atomic E-state index is 12.1. The molecule has 100 valence electrons. The Hall–Kier alpha value is -2.94. The molecule has 3 nitrogen and oxygen atoms in total. The molecule has 0 radical (unpaired) electrons. The molecule has 3 aromatic rings. The predicted octanol–water partition coefficient (Wildman–Crippen LogP) is 3.03. The van der Waals surface area contributed by atoms with Crippen molar-refractivity contribution < 1.29 is 9.59 Å². The van der Waals surface area contributed by atoms with Crippen LogP contribution in [0.25, 0.3) is 27.1 Å². The van der Waals surface area contributed by atoms with E-state index in [1.165, 1.54) is 6.08 Å². The van der Waals surface area contributed by atoms with E-state index < -0.39 is 0 Å². The van der Waals surface area contributed by atoms with Crippen molar-refractivity contribution in [2.45, 2.75) is 0 Å². The number of hydrogen-bond acceptors (Lipinski definition) is 2. The van der Waals surface area contributed by atoms with Crippen LogP contribution in [0.4, 0.5) is 0 Å². The number of benzene rings is 3. The van der Waals surface area contributed by atoms with Crippen LogP contribution in [0, 0.1) is 0 Å². The van der Waals surface area contributed by atoms with E-state index >= 15 is 0 Å². The van der Waals surface area contributed by atoms with Crippen LogP contribution in [-0.2, 0) is 9.59 Å². The summed E-state index contributed by atoms with van der Waals surface area (Å²) >= 11 is 0. The molecule has 3 aromatic carbocycles. The summed E-state index contributed by atoms with van der Waals surface area (Å²) in [5, 5.41) is 6.39. The highest BCUT2D eigenvalue weighted by molar-refractivity contribution is 6.37. The first-order valence-corrected chi connectivity index (χ1v) is 6.72. The molecule has 0 aromatic heterocycles. The molecule has 1 aliphatic heterocycles. The minimum atomic E-state index is -0.355. The summed E-state index contributed by atoms with van der Waals surface area (Å²) in [6.07, 6.45) is 1.39. The van der Waals surface area contributed by atoms with Gasteiger partial charge in [-0.05, 0) is 27.6 Å². The fourth-order valence-corrected chi connectivity index (χ4v) is 2.90. The third kappa shape index (κ3) is 1.75. The Morgan fingerprint density at radius 3 is 1.86 bits per heavy atom. The molecule has 2 amide bonds. The van der Waals surface area contributed by atoms with Gasteiger partial charge in [0, 0.05) is 11.6 Å². The minimum Gasteiger partial charge on any atom is -0.289 e. The van der Waals surface area contributed by atoms with Gasteiger partial charge in [-0.2, -0.15) is 0 Å². The second-order valence-corrected chi connectivity index (χ2v) is 5.07. The van der Waals surface area contributed by atoms with Gasteiger partial charge in [-0.15, -0.1) is 0 Å². The smallest absolute Gasteiger partial charge is 0.258 e. The number of imide groups is 1. The van der Waals surface area contributed by atoms with Gasteiger partial charge in [0.05, 0.1) is 5.57 Å². The molecule has 4 rings (SSSR count). The van der Waals surface area contributed by atoms with Crippen molar-refractivity contribution in [3.05, 3.63) is 66.2 Å². The predicted molar refractivity (Wildman–Crippen MR) is 82.6 cm³/mol. The molecular weight excluding hydrogens is 262 g/mol. The zero-order valence-corrected chi connectivity index (χ0v) is 11.1. The number of fused-ring (bicyclic) bond motifs is 2. The maximum absolute atomic E-state index is 12.1. The number of carbonyl (C=O) groups is 2. The molecule has 3 heteroatoms. The fraction of sp³-hybridized carbons (Fsp3) is 0. The lowest BCUT2D eigenvalue weighted by Crippen LogP contribution is -2.21. The summed E-state index contributed by atoms with van der Waals surface area (Å²) in [7, 11) is 0. The molecule has 1 heterocycles. The number of nitrogens with one attached hydrogen (secondary N) is 1. The highest BCUT2D eigenvalue weighted by atomic mass is 16.2. The van der Waals surface area contributed by atoms with Gasteiger partial charge in [0.1, 0.15) is 0 Å². The Bertz CT molecular complexity index is 900. The first-order chi connectivity index (χ1) is 10.2. The largest absolute Gasteiger partial charge is 0.289 e. The Morgan fingerprint density at radius 2 is 1.33 bits per heavy atom. The van der Waals surface area contributed by atoms with Crippen LogP contribution in [0.2, 0.25) is 0 Å². The van der Waals surface area contributed by atoms with Crippen LogP contribution in [0.5, 0.6) is 0 Å². The van der Waals surface area contributed by atoms with Gasteiger partial charge < -0.3 is 0 Å². The molecule has 0 fully saturated rings. The van der Waals surface area contributed by atoms with E-state index in [4.69, 9.17) is 0 Å². The van der Waals surface area contributed by atoms with Gasteiger partial charge in [-0.25, -0.2) is 0 Å². The Kier molecular flexibility index (Phi) is 2.42. The van der Waals surface area contributed by atoms with Crippen LogP contribution in [0.3, 0.4) is 0 Å². The maximum Gasteiger partial charge on any atom is 0.258 e. The van der Waals surface area contributed by atoms with Crippen molar-refractivity contribution in [1.29, 1.82) is 0 Å². The Labute approximate surface area is 120 Å². The number of hydrogen-bond donors (Lipinski definition) is 1. The van der Waals surface area contributed by atoms with Crippen LogP contribution < -0.4 is 5.32 Å². The van der Waals surface area contributed by atoms with E-state index in [2.05, 4.69) is 11.4 Å². The van der Waals surface area contributed by atoms with Crippen LogP contribution in [0.15, 0.2) is 60.7 Å². The minimum absolute atomic E-state index is 0.332. The van der Waals surface area contributed by atoms with Gasteiger partial charge in [0.2, 0.25) is 0 Å². The summed E-state index contributed by atoms with van der Waals surface area (Å²) in [6.45, 7) is 0. The molecule has 1 aliphatic rings. The normalized spacial score (nSPS) is 14.6. The van der Waals surface area contributed by atoms with Crippen molar-refractivity contribution >= 4 is 38.9 Å². The Balaban J connectivity index is 2.20. The first-order valence-electron chi connectivity index (χ1n) is 6.72. The zero-order valence-electron chi connectivity index (χ0n) is 11.1. The molecule has 21 heavy (non-hydrogen) atoms. The van der Waals surface area contributed by atoms with Crippen LogP contribution in [0.1, 0.15) is 5.56 Å². The summed E-state index contributed by atoms with van der Waals surface area (Å²) < 4.78 is 0. The van der Waals surface area contributed by atoms with Crippen molar-refractivity contribution in [1.82, 2.24) is 5.32 Å². The fourth-order valence-electron chi connectivity index (χ4n) is 2.90. The van der Waals surface area contributed by atoms with E-state index in [-0.39, 0.29) is 11.8 Å². The van der Waals surface area contributed by atoms with E-state index in [1.807, 2.05) is 48.5 Å². The standard InChI is InChI=1S/C18H11NO2/c20-16-10-15(18(21)19-16)17-13-7-3-1-5-11(13)9-12-6-2-4-8-14(12)17/h1-10H,(H,19,20,21). The zero-order chi connectivity index (χ0) is 14.4. The lowest BCUT2D eigenvalue weighted by atomic mass is 9.92. The molecule has 0 bridgehead atoms. The van der Waals surface area contributed by atoms with Crippen molar-refractivity contribution in [2.24, 2.45) is 0 Å². The van der Waals surface area contributed by atoms with Gasteiger partial charge in [-0.3, -0.25) is 14.9 Å². The third-order valence-electron chi connectivity index (χ3n) is 3.80. The molecule has 0 spiro atoms. The SMILES string of the molecule is O=C1C=C(c2c3ccccc3cc3ccccc23)C(=O)N1. The summed E-state index contributed by atoms with van der Waals surface area (Å²) in [6, 6.07) is 17.9. The van der Waals surface area contributed by atoms with Crippen LogP contribution >= 0.6 is 0 Å². The highest BCUT2D eigenvalue weighted by Gasteiger charge is 2.25. The topological polar surface area (TPSA) is 46.2 Å². The summed E-state index contributed by atoms with van der Waals surface area (Å²) in [5.74, 6) is -0.687. The average molecular weight is 273 g/mol. The van der Waals surface area contributed by atoms with Crippen molar-refractivity contribution in [2.75, 3.05) is 0 Å². The lowest BCUT2D eigenvalue weighted by Gasteiger charge is -2.11. The third-order valence-corrected chi connectivity index (χ3v) is 3.80. The molecule has 0 aliphatic carbocycles. The quantitative estimate of drug-likeness (QED) is 0.547. The average Bonchev–Trinajstić information content (AvgIpc) is 2.83. The first kappa shape index (κ1) is 11.9. The second kappa shape index (κ2) is 4.28. The van der Waals surface area contributed by atoms with E-state index in [0.29, 0.717) is 5.57 Å². The van der Waals surface area contributed by atoms with Gasteiger partial charge in [-0.1, -0.05) is 48.5 Å². The molecule has 0 unspecified atom stereocenters.